The standard InChI is InChI=1S/C14H19N3S/c15-11-7-5-10(6-8-11)9-16-14-17-12-3-1-2-4-13(12)18-14/h1-4,10-11H,5-9,15H2,(H,16,17). The first-order chi connectivity index (χ1) is 8.81. The second-order valence-corrected chi connectivity index (χ2v) is 6.18. The molecule has 1 aliphatic carbocycles. The Morgan fingerprint density at radius 3 is 2.78 bits per heavy atom. The number of nitrogens with zero attached hydrogens (tertiary/aromatic N) is 1. The maximum atomic E-state index is 5.92. The minimum Gasteiger partial charge on any atom is -0.361 e. The number of nitrogens with one attached hydrogen (secondary N) is 1. The molecule has 0 spiro atoms. The average molecular weight is 261 g/mol. The van der Waals surface area contributed by atoms with Gasteiger partial charge in [0.2, 0.25) is 0 Å². The molecule has 1 aromatic carbocycles. The number of anilines is 1. The van der Waals surface area contributed by atoms with Crippen molar-refractivity contribution in [3.05, 3.63) is 24.3 Å². The molecule has 0 radical (unpaired) electrons. The van der Waals surface area contributed by atoms with E-state index in [1.807, 2.05) is 6.07 Å². The van der Waals surface area contributed by atoms with E-state index < -0.39 is 0 Å². The second kappa shape index (κ2) is 5.24. The van der Waals surface area contributed by atoms with E-state index in [4.69, 9.17) is 5.73 Å². The van der Waals surface area contributed by atoms with Gasteiger partial charge in [0.1, 0.15) is 0 Å². The highest BCUT2D eigenvalue weighted by Gasteiger charge is 2.18. The van der Waals surface area contributed by atoms with Gasteiger partial charge in [-0.2, -0.15) is 0 Å². The van der Waals surface area contributed by atoms with E-state index in [0.717, 1.165) is 23.1 Å². The quantitative estimate of drug-likeness (QED) is 0.892. The van der Waals surface area contributed by atoms with E-state index in [9.17, 15) is 0 Å². The molecule has 0 unspecified atom stereocenters. The molecule has 3 rings (SSSR count). The summed E-state index contributed by atoms with van der Waals surface area (Å²) in [7, 11) is 0. The summed E-state index contributed by atoms with van der Waals surface area (Å²) in [6.45, 7) is 1.03. The molecule has 96 valence electrons. The monoisotopic (exact) mass is 261 g/mol. The summed E-state index contributed by atoms with van der Waals surface area (Å²) in [6, 6.07) is 8.72. The van der Waals surface area contributed by atoms with E-state index >= 15 is 0 Å². The lowest BCUT2D eigenvalue weighted by molar-refractivity contribution is 0.339. The third-order valence-electron chi connectivity index (χ3n) is 3.73. The number of thiazole rings is 1. The van der Waals surface area contributed by atoms with Crippen molar-refractivity contribution in [2.45, 2.75) is 31.7 Å². The van der Waals surface area contributed by atoms with Gasteiger partial charge in [0.05, 0.1) is 10.2 Å². The summed E-state index contributed by atoms with van der Waals surface area (Å²) < 4.78 is 1.26. The highest BCUT2D eigenvalue weighted by atomic mass is 32.1. The van der Waals surface area contributed by atoms with Gasteiger partial charge in [0.15, 0.2) is 5.13 Å². The van der Waals surface area contributed by atoms with Crippen LogP contribution in [0.3, 0.4) is 0 Å². The maximum absolute atomic E-state index is 5.92. The lowest BCUT2D eigenvalue weighted by Gasteiger charge is -2.25. The average Bonchev–Trinajstić information content (AvgIpc) is 2.81. The fourth-order valence-corrected chi connectivity index (χ4v) is 3.44. The van der Waals surface area contributed by atoms with Crippen molar-refractivity contribution in [3.63, 3.8) is 0 Å². The largest absolute Gasteiger partial charge is 0.361 e. The number of aromatic nitrogens is 1. The number of hydrogen-bond acceptors (Lipinski definition) is 4. The Kier molecular flexibility index (Phi) is 3.48. The van der Waals surface area contributed by atoms with E-state index in [1.165, 1.54) is 30.4 Å². The number of fused-ring (bicyclic) bond motifs is 1. The summed E-state index contributed by atoms with van der Waals surface area (Å²) in [4.78, 5) is 4.59. The predicted molar refractivity (Wildman–Crippen MR) is 78.0 cm³/mol. The number of hydrogen-bond donors (Lipinski definition) is 2. The molecule has 2 aromatic rings. The molecule has 0 atom stereocenters. The fraction of sp³-hybridized carbons (Fsp3) is 0.500. The van der Waals surface area contributed by atoms with Crippen LogP contribution in [0.25, 0.3) is 10.2 Å². The van der Waals surface area contributed by atoms with Crippen LogP contribution in [0.1, 0.15) is 25.7 Å². The van der Waals surface area contributed by atoms with Gasteiger partial charge in [-0.25, -0.2) is 4.98 Å². The van der Waals surface area contributed by atoms with Crippen molar-refractivity contribution in [2.75, 3.05) is 11.9 Å². The van der Waals surface area contributed by atoms with Crippen LogP contribution >= 0.6 is 11.3 Å². The van der Waals surface area contributed by atoms with Crippen molar-refractivity contribution in [1.82, 2.24) is 4.98 Å². The molecule has 1 saturated carbocycles. The fourth-order valence-electron chi connectivity index (χ4n) is 2.57. The summed E-state index contributed by atoms with van der Waals surface area (Å²) in [5.74, 6) is 0.761. The predicted octanol–water partition coefficient (Wildman–Crippen LogP) is 3.23. The first-order valence-corrected chi connectivity index (χ1v) is 7.48. The van der Waals surface area contributed by atoms with Crippen LogP contribution in [0, 0.1) is 5.92 Å². The van der Waals surface area contributed by atoms with Crippen LogP contribution < -0.4 is 11.1 Å². The molecule has 0 aliphatic heterocycles. The molecule has 1 aromatic heterocycles. The minimum absolute atomic E-state index is 0.434. The number of nitrogens with two attached hydrogens (primary N) is 1. The molecule has 1 heterocycles. The highest BCUT2D eigenvalue weighted by Crippen LogP contribution is 2.27. The van der Waals surface area contributed by atoms with Crippen molar-refractivity contribution in [3.8, 4) is 0 Å². The van der Waals surface area contributed by atoms with Gasteiger partial charge in [-0.05, 0) is 43.7 Å². The van der Waals surface area contributed by atoms with Gasteiger partial charge in [-0.1, -0.05) is 23.5 Å². The SMILES string of the molecule is NC1CCC(CNc2nc3ccccc3s2)CC1. The summed E-state index contributed by atoms with van der Waals surface area (Å²) in [5, 5.41) is 4.53. The smallest absolute Gasteiger partial charge is 0.183 e. The first kappa shape index (κ1) is 11.9. The Morgan fingerprint density at radius 1 is 1.22 bits per heavy atom. The van der Waals surface area contributed by atoms with E-state index in [-0.39, 0.29) is 0 Å². The zero-order valence-corrected chi connectivity index (χ0v) is 11.2. The molecule has 3 N–H and O–H groups in total. The summed E-state index contributed by atoms with van der Waals surface area (Å²) >= 11 is 1.74. The molecule has 0 saturated heterocycles. The molecule has 0 amide bonds. The molecular formula is C14H19N3S. The topological polar surface area (TPSA) is 50.9 Å². The van der Waals surface area contributed by atoms with Crippen LogP contribution in [0.5, 0.6) is 0 Å². The van der Waals surface area contributed by atoms with E-state index in [0.29, 0.717) is 6.04 Å². The highest BCUT2D eigenvalue weighted by molar-refractivity contribution is 7.22. The lowest BCUT2D eigenvalue weighted by atomic mass is 9.86. The molecule has 18 heavy (non-hydrogen) atoms. The Hall–Kier alpha value is -1.13. The van der Waals surface area contributed by atoms with Crippen molar-refractivity contribution in [2.24, 2.45) is 11.7 Å². The zero-order chi connectivity index (χ0) is 12.4. The summed E-state index contributed by atoms with van der Waals surface area (Å²) in [5.41, 5.74) is 7.02. The molecule has 3 nitrogen and oxygen atoms in total. The maximum Gasteiger partial charge on any atom is 0.183 e. The van der Waals surface area contributed by atoms with Crippen LogP contribution in [0.4, 0.5) is 5.13 Å². The Morgan fingerprint density at radius 2 is 2.00 bits per heavy atom. The zero-order valence-electron chi connectivity index (χ0n) is 10.4. The van der Waals surface area contributed by atoms with Gasteiger partial charge >= 0.3 is 0 Å². The lowest BCUT2D eigenvalue weighted by Crippen LogP contribution is -2.29. The first-order valence-electron chi connectivity index (χ1n) is 6.66. The van der Waals surface area contributed by atoms with Crippen molar-refractivity contribution >= 4 is 26.7 Å². The number of para-hydroxylation sites is 1. The molecule has 0 bridgehead atoms. The van der Waals surface area contributed by atoms with Gasteiger partial charge in [0, 0.05) is 12.6 Å². The number of benzene rings is 1. The van der Waals surface area contributed by atoms with E-state index in [1.54, 1.807) is 11.3 Å². The Bertz CT molecular complexity index is 481. The van der Waals surface area contributed by atoms with Gasteiger partial charge in [-0.15, -0.1) is 0 Å². The van der Waals surface area contributed by atoms with Crippen LogP contribution in [-0.4, -0.2) is 17.6 Å². The molecule has 1 fully saturated rings. The van der Waals surface area contributed by atoms with Crippen LogP contribution in [0.2, 0.25) is 0 Å². The normalized spacial score (nSPS) is 24.3. The van der Waals surface area contributed by atoms with Crippen molar-refractivity contribution < 1.29 is 0 Å². The van der Waals surface area contributed by atoms with Gasteiger partial charge < -0.3 is 11.1 Å². The Balaban J connectivity index is 1.59. The van der Waals surface area contributed by atoms with Crippen molar-refractivity contribution in [1.29, 1.82) is 0 Å². The summed E-state index contributed by atoms with van der Waals surface area (Å²) in [6.07, 6.45) is 4.84. The third-order valence-corrected chi connectivity index (χ3v) is 4.72. The van der Waals surface area contributed by atoms with Gasteiger partial charge in [0.25, 0.3) is 0 Å². The molecule has 4 heteroatoms. The minimum atomic E-state index is 0.434. The van der Waals surface area contributed by atoms with Crippen LogP contribution in [0.15, 0.2) is 24.3 Å². The number of rotatable bonds is 3. The third kappa shape index (κ3) is 2.65. The second-order valence-electron chi connectivity index (χ2n) is 5.15. The van der Waals surface area contributed by atoms with Gasteiger partial charge in [-0.3, -0.25) is 0 Å². The molecular weight excluding hydrogens is 242 g/mol. The van der Waals surface area contributed by atoms with E-state index in [2.05, 4.69) is 28.5 Å². The van der Waals surface area contributed by atoms with Crippen LogP contribution in [-0.2, 0) is 0 Å². The Labute approximate surface area is 111 Å². The molecule has 1 aliphatic rings.